The monoisotopic (exact) mass is 265 g/mol. The first-order chi connectivity index (χ1) is 8.90. The van der Waals surface area contributed by atoms with E-state index in [1.165, 1.54) is 12.1 Å². The van der Waals surface area contributed by atoms with Crippen molar-refractivity contribution in [3.05, 3.63) is 29.8 Å². The molecule has 1 rings (SSSR count). The third-order valence-corrected chi connectivity index (χ3v) is 2.84. The smallest absolute Gasteiger partial charge is 0.335 e. The number of amides is 1. The maximum Gasteiger partial charge on any atom is 0.335 e. The van der Waals surface area contributed by atoms with Gasteiger partial charge in [-0.2, -0.15) is 0 Å². The van der Waals surface area contributed by atoms with E-state index in [1.807, 2.05) is 20.8 Å². The van der Waals surface area contributed by atoms with Gasteiger partial charge in [0.2, 0.25) is 0 Å². The normalized spacial score (nSPS) is 12.0. The number of rotatable bonds is 6. The van der Waals surface area contributed by atoms with Gasteiger partial charge in [-0.3, -0.25) is 4.79 Å². The van der Waals surface area contributed by atoms with Gasteiger partial charge >= 0.3 is 5.97 Å². The summed E-state index contributed by atoms with van der Waals surface area (Å²) in [6, 6.07) is 6.12. The summed E-state index contributed by atoms with van der Waals surface area (Å²) in [5, 5.41) is 11.6. The number of carbonyl (C=O) groups is 2. The van der Waals surface area contributed by atoms with Crippen molar-refractivity contribution in [1.82, 2.24) is 5.32 Å². The Morgan fingerprint density at radius 3 is 2.58 bits per heavy atom. The van der Waals surface area contributed by atoms with Gasteiger partial charge in [-0.1, -0.05) is 19.9 Å². The second-order valence-corrected chi connectivity index (χ2v) is 4.72. The summed E-state index contributed by atoms with van der Waals surface area (Å²) in [5.41, 5.74) is 0.133. The van der Waals surface area contributed by atoms with Gasteiger partial charge in [0.05, 0.1) is 5.56 Å². The van der Waals surface area contributed by atoms with E-state index in [4.69, 9.17) is 9.84 Å². The van der Waals surface area contributed by atoms with Crippen molar-refractivity contribution in [2.24, 2.45) is 5.92 Å². The van der Waals surface area contributed by atoms with Crippen LogP contribution in [0.25, 0.3) is 0 Å². The Kier molecular flexibility index (Phi) is 5.36. The number of nitrogens with one attached hydrogen (secondary N) is 1. The minimum absolute atomic E-state index is 0.0708. The topological polar surface area (TPSA) is 75.6 Å². The van der Waals surface area contributed by atoms with Crippen LogP contribution in [0.5, 0.6) is 5.75 Å². The Morgan fingerprint density at radius 1 is 1.32 bits per heavy atom. The predicted molar refractivity (Wildman–Crippen MR) is 71.3 cm³/mol. The number of carboxylic acids is 1. The standard InChI is InChI=1S/C14H19NO4/c1-9(2)10(3)15-13(16)8-19-12-6-4-5-11(7-12)14(17)18/h4-7,9-10H,8H2,1-3H3,(H,15,16)(H,17,18). The van der Waals surface area contributed by atoms with Gasteiger partial charge in [-0.05, 0) is 31.0 Å². The van der Waals surface area contributed by atoms with Crippen LogP contribution < -0.4 is 10.1 Å². The number of hydrogen-bond acceptors (Lipinski definition) is 3. The van der Waals surface area contributed by atoms with Crippen molar-refractivity contribution in [3.8, 4) is 5.75 Å². The summed E-state index contributed by atoms with van der Waals surface area (Å²) >= 11 is 0. The number of aromatic carboxylic acids is 1. The van der Waals surface area contributed by atoms with Crippen molar-refractivity contribution < 1.29 is 19.4 Å². The summed E-state index contributed by atoms with van der Waals surface area (Å²) < 4.78 is 5.26. The molecule has 0 aliphatic heterocycles. The molecular weight excluding hydrogens is 246 g/mol. The van der Waals surface area contributed by atoms with Crippen LogP contribution >= 0.6 is 0 Å². The van der Waals surface area contributed by atoms with Gasteiger partial charge in [0.25, 0.3) is 5.91 Å². The van der Waals surface area contributed by atoms with Crippen LogP contribution in [0.3, 0.4) is 0 Å². The van der Waals surface area contributed by atoms with Crippen LogP contribution in [0.2, 0.25) is 0 Å². The second-order valence-electron chi connectivity index (χ2n) is 4.72. The molecule has 1 aromatic rings. The molecule has 5 nitrogen and oxygen atoms in total. The molecule has 1 aromatic carbocycles. The van der Waals surface area contributed by atoms with Crippen LogP contribution in [0.1, 0.15) is 31.1 Å². The van der Waals surface area contributed by atoms with Gasteiger partial charge in [-0.15, -0.1) is 0 Å². The summed E-state index contributed by atoms with van der Waals surface area (Å²) in [6.45, 7) is 5.83. The number of ether oxygens (including phenoxy) is 1. The summed E-state index contributed by atoms with van der Waals surface area (Å²) in [7, 11) is 0. The Morgan fingerprint density at radius 2 is 2.00 bits per heavy atom. The maximum absolute atomic E-state index is 11.6. The molecule has 0 heterocycles. The quantitative estimate of drug-likeness (QED) is 0.824. The van der Waals surface area contributed by atoms with E-state index in [-0.39, 0.29) is 24.1 Å². The van der Waals surface area contributed by atoms with Crippen molar-refractivity contribution in [2.45, 2.75) is 26.8 Å². The summed E-state index contributed by atoms with van der Waals surface area (Å²) in [4.78, 5) is 22.4. The molecule has 2 N–H and O–H groups in total. The molecule has 1 unspecified atom stereocenters. The first-order valence-corrected chi connectivity index (χ1v) is 6.15. The van der Waals surface area contributed by atoms with Gasteiger partial charge < -0.3 is 15.2 Å². The highest BCUT2D eigenvalue weighted by molar-refractivity contribution is 5.88. The lowest BCUT2D eigenvalue weighted by Crippen LogP contribution is -2.38. The Bertz CT molecular complexity index is 457. The lowest BCUT2D eigenvalue weighted by Gasteiger charge is -2.17. The predicted octanol–water partition coefficient (Wildman–Crippen LogP) is 1.92. The fourth-order valence-corrected chi connectivity index (χ4v) is 1.33. The highest BCUT2D eigenvalue weighted by atomic mass is 16.5. The highest BCUT2D eigenvalue weighted by Crippen LogP contribution is 2.13. The Hall–Kier alpha value is -2.04. The van der Waals surface area contributed by atoms with Crippen LogP contribution in [-0.2, 0) is 4.79 Å². The molecule has 0 aliphatic carbocycles. The number of carboxylic acid groups (broad SMARTS) is 1. The molecule has 0 aromatic heterocycles. The van der Waals surface area contributed by atoms with Crippen LogP contribution in [0.4, 0.5) is 0 Å². The molecule has 0 fully saturated rings. The maximum atomic E-state index is 11.6. The van der Waals surface area contributed by atoms with E-state index in [0.717, 1.165) is 0 Å². The molecule has 0 radical (unpaired) electrons. The van der Waals surface area contributed by atoms with E-state index in [9.17, 15) is 9.59 Å². The highest BCUT2D eigenvalue weighted by Gasteiger charge is 2.11. The Labute approximate surface area is 112 Å². The largest absolute Gasteiger partial charge is 0.484 e. The third-order valence-electron chi connectivity index (χ3n) is 2.84. The first kappa shape index (κ1) is 15.0. The number of carbonyl (C=O) groups excluding carboxylic acids is 1. The number of hydrogen-bond donors (Lipinski definition) is 2. The van der Waals surface area contributed by atoms with Gasteiger partial charge in [0.15, 0.2) is 6.61 Å². The molecule has 19 heavy (non-hydrogen) atoms. The van der Waals surface area contributed by atoms with Crippen LogP contribution in [-0.4, -0.2) is 29.6 Å². The minimum atomic E-state index is -1.02. The van der Waals surface area contributed by atoms with E-state index < -0.39 is 5.97 Å². The van der Waals surface area contributed by atoms with Crippen molar-refractivity contribution in [2.75, 3.05) is 6.61 Å². The summed E-state index contributed by atoms with van der Waals surface area (Å²) in [5.74, 6) is -0.531. The lowest BCUT2D eigenvalue weighted by atomic mass is 10.1. The molecule has 0 aliphatic rings. The minimum Gasteiger partial charge on any atom is -0.484 e. The van der Waals surface area contributed by atoms with Crippen LogP contribution in [0.15, 0.2) is 24.3 Å². The molecule has 5 heteroatoms. The zero-order chi connectivity index (χ0) is 14.4. The molecule has 0 saturated carbocycles. The van der Waals surface area contributed by atoms with Crippen LogP contribution in [0, 0.1) is 5.92 Å². The average molecular weight is 265 g/mol. The molecule has 0 bridgehead atoms. The summed E-state index contributed by atoms with van der Waals surface area (Å²) in [6.07, 6.45) is 0. The Balaban J connectivity index is 2.50. The fourth-order valence-electron chi connectivity index (χ4n) is 1.33. The third kappa shape index (κ3) is 4.99. The van der Waals surface area contributed by atoms with Crippen molar-refractivity contribution in [1.29, 1.82) is 0 Å². The van der Waals surface area contributed by atoms with Crippen molar-refractivity contribution in [3.63, 3.8) is 0 Å². The average Bonchev–Trinajstić information content (AvgIpc) is 2.36. The SMILES string of the molecule is CC(C)C(C)NC(=O)COc1cccc(C(=O)O)c1. The fraction of sp³-hybridized carbons (Fsp3) is 0.429. The molecule has 1 atom stereocenters. The molecular formula is C14H19NO4. The van der Waals surface area contributed by atoms with E-state index in [1.54, 1.807) is 12.1 Å². The second kappa shape index (κ2) is 6.78. The molecule has 1 amide bonds. The molecule has 0 spiro atoms. The lowest BCUT2D eigenvalue weighted by molar-refractivity contribution is -0.124. The van der Waals surface area contributed by atoms with Gasteiger partial charge in [-0.25, -0.2) is 4.79 Å². The van der Waals surface area contributed by atoms with E-state index in [2.05, 4.69) is 5.32 Å². The van der Waals surface area contributed by atoms with Crippen molar-refractivity contribution >= 4 is 11.9 Å². The van der Waals surface area contributed by atoms with E-state index in [0.29, 0.717) is 11.7 Å². The first-order valence-electron chi connectivity index (χ1n) is 6.15. The molecule has 0 saturated heterocycles. The molecule has 104 valence electrons. The zero-order valence-electron chi connectivity index (χ0n) is 11.3. The van der Waals surface area contributed by atoms with E-state index >= 15 is 0 Å². The zero-order valence-corrected chi connectivity index (χ0v) is 11.3. The van der Waals surface area contributed by atoms with Gasteiger partial charge in [0.1, 0.15) is 5.75 Å². The van der Waals surface area contributed by atoms with Gasteiger partial charge in [0, 0.05) is 6.04 Å². The number of benzene rings is 1.